The highest BCUT2D eigenvalue weighted by Gasteiger charge is 2.22. The molecule has 0 saturated carbocycles. The summed E-state index contributed by atoms with van der Waals surface area (Å²) in [6, 6.07) is 6.54. The highest BCUT2D eigenvalue weighted by Crippen LogP contribution is 2.17. The second-order valence-corrected chi connectivity index (χ2v) is 5.89. The van der Waals surface area contributed by atoms with Gasteiger partial charge in [-0.05, 0) is 17.7 Å². The Bertz CT molecular complexity index is 658. The van der Waals surface area contributed by atoms with Gasteiger partial charge in [0.2, 0.25) is 0 Å². The zero-order valence-electron chi connectivity index (χ0n) is 13.5. The molecule has 128 valence electrons. The van der Waals surface area contributed by atoms with Crippen LogP contribution in [0.5, 0.6) is 5.75 Å². The summed E-state index contributed by atoms with van der Waals surface area (Å²) in [5.74, 6) is 1.42. The maximum Gasteiger partial charge on any atom is 0.329 e. The van der Waals surface area contributed by atoms with Crippen LogP contribution in [-0.2, 0) is 15.3 Å². The van der Waals surface area contributed by atoms with Gasteiger partial charge < -0.3 is 14.8 Å². The molecule has 0 radical (unpaired) electrons. The number of imidazole rings is 1. The molecule has 1 aromatic heterocycles. The van der Waals surface area contributed by atoms with Crippen molar-refractivity contribution in [1.82, 2.24) is 14.9 Å². The van der Waals surface area contributed by atoms with E-state index in [0.29, 0.717) is 11.5 Å². The van der Waals surface area contributed by atoms with E-state index in [2.05, 4.69) is 10.3 Å². The van der Waals surface area contributed by atoms with Crippen molar-refractivity contribution in [3.8, 4) is 5.75 Å². The molecule has 1 aromatic carbocycles. The Morgan fingerprint density at radius 3 is 2.62 bits per heavy atom. The lowest BCUT2D eigenvalue weighted by molar-refractivity contribution is -0.142. The molecule has 2 aromatic rings. The number of methoxy groups -OCH3 is 2. The fourth-order valence-electron chi connectivity index (χ4n) is 1.93. The number of carbonyl (C=O) groups is 2. The van der Waals surface area contributed by atoms with Crippen molar-refractivity contribution in [2.24, 2.45) is 0 Å². The van der Waals surface area contributed by atoms with E-state index in [1.807, 2.05) is 24.3 Å². The van der Waals surface area contributed by atoms with Crippen LogP contribution in [0.3, 0.4) is 0 Å². The van der Waals surface area contributed by atoms with Crippen LogP contribution in [0.4, 0.5) is 4.79 Å². The predicted octanol–water partition coefficient (Wildman–Crippen LogP) is 1.92. The molecule has 8 heteroatoms. The number of esters is 1. The van der Waals surface area contributed by atoms with Gasteiger partial charge in [0.15, 0.2) is 0 Å². The summed E-state index contributed by atoms with van der Waals surface area (Å²) >= 11 is 1.53. The zero-order valence-corrected chi connectivity index (χ0v) is 14.3. The fraction of sp³-hybridized carbons (Fsp3) is 0.312. The van der Waals surface area contributed by atoms with Gasteiger partial charge in [0, 0.05) is 23.9 Å². The standard InChI is InChI=1S/C16H19N3O4S/c1-22-13-5-3-12(4-6-13)9-24-10-14(15(20)23-2)18-16(21)19-8-7-17-11-19/h3-8,11,14H,9-10H2,1-2H3,(H,18,21)/t14-/m0/s1. The molecule has 24 heavy (non-hydrogen) atoms. The van der Waals surface area contributed by atoms with Gasteiger partial charge in [-0.25, -0.2) is 14.6 Å². The molecule has 0 bridgehead atoms. The molecule has 1 amide bonds. The number of nitrogens with zero attached hydrogens (tertiary/aromatic N) is 2. The average Bonchev–Trinajstić information content (AvgIpc) is 3.15. The average molecular weight is 349 g/mol. The van der Waals surface area contributed by atoms with E-state index in [9.17, 15) is 9.59 Å². The largest absolute Gasteiger partial charge is 0.497 e. The zero-order chi connectivity index (χ0) is 17.4. The summed E-state index contributed by atoms with van der Waals surface area (Å²) in [6.45, 7) is 0. The van der Waals surface area contributed by atoms with Crippen LogP contribution in [0, 0.1) is 0 Å². The number of hydrogen-bond acceptors (Lipinski definition) is 6. The number of benzene rings is 1. The lowest BCUT2D eigenvalue weighted by atomic mass is 10.2. The van der Waals surface area contributed by atoms with Crippen molar-refractivity contribution in [2.45, 2.75) is 11.8 Å². The lowest BCUT2D eigenvalue weighted by Crippen LogP contribution is -2.44. The third-order valence-corrected chi connectivity index (χ3v) is 4.34. The predicted molar refractivity (Wildman–Crippen MR) is 91.1 cm³/mol. The summed E-state index contributed by atoms with van der Waals surface area (Å²) in [4.78, 5) is 27.7. The molecule has 0 unspecified atom stereocenters. The number of thioether (sulfide) groups is 1. The van der Waals surface area contributed by atoms with Gasteiger partial charge in [-0.3, -0.25) is 4.57 Å². The van der Waals surface area contributed by atoms with Crippen molar-refractivity contribution in [2.75, 3.05) is 20.0 Å². The first-order chi connectivity index (χ1) is 11.6. The minimum absolute atomic E-state index is 0.402. The number of hydrogen-bond donors (Lipinski definition) is 1. The number of rotatable bonds is 7. The monoisotopic (exact) mass is 349 g/mol. The first-order valence-electron chi connectivity index (χ1n) is 7.21. The Labute approximate surface area is 144 Å². The van der Waals surface area contributed by atoms with Crippen molar-refractivity contribution in [3.05, 3.63) is 48.5 Å². The topological polar surface area (TPSA) is 82.5 Å². The number of aromatic nitrogens is 2. The van der Waals surface area contributed by atoms with Crippen molar-refractivity contribution in [3.63, 3.8) is 0 Å². The SMILES string of the molecule is COC(=O)[C@H](CSCc1ccc(OC)cc1)NC(=O)n1ccnc1. The van der Waals surface area contributed by atoms with Gasteiger partial charge in [0.25, 0.3) is 0 Å². The highest BCUT2D eigenvalue weighted by atomic mass is 32.2. The molecule has 1 N–H and O–H groups in total. The number of carbonyl (C=O) groups excluding carboxylic acids is 2. The van der Waals surface area contributed by atoms with E-state index in [0.717, 1.165) is 11.3 Å². The molecular formula is C16H19N3O4S. The van der Waals surface area contributed by atoms with E-state index in [1.165, 1.54) is 42.2 Å². The van der Waals surface area contributed by atoms with E-state index in [-0.39, 0.29) is 0 Å². The third-order valence-electron chi connectivity index (χ3n) is 3.23. The molecule has 1 atom stereocenters. The van der Waals surface area contributed by atoms with Crippen LogP contribution in [0.1, 0.15) is 5.56 Å². The second kappa shape index (κ2) is 8.97. The van der Waals surface area contributed by atoms with Crippen LogP contribution in [0.15, 0.2) is 43.0 Å². The summed E-state index contributed by atoms with van der Waals surface area (Å²) < 4.78 is 11.1. The number of nitrogens with one attached hydrogen (secondary N) is 1. The lowest BCUT2D eigenvalue weighted by Gasteiger charge is -2.16. The molecule has 0 fully saturated rings. The maximum absolute atomic E-state index is 12.0. The van der Waals surface area contributed by atoms with Crippen molar-refractivity contribution < 1.29 is 19.1 Å². The third kappa shape index (κ3) is 5.02. The van der Waals surface area contributed by atoms with Crippen LogP contribution < -0.4 is 10.1 Å². The fourth-order valence-corrected chi connectivity index (χ4v) is 2.93. The Kier molecular flexibility index (Phi) is 6.68. The van der Waals surface area contributed by atoms with E-state index in [4.69, 9.17) is 9.47 Å². The minimum Gasteiger partial charge on any atom is -0.497 e. The van der Waals surface area contributed by atoms with Gasteiger partial charge in [0.1, 0.15) is 18.1 Å². The maximum atomic E-state index is 12.0. The van der Waals surface area contributed by atoms with Crippen LogP contribution in [0.2, 0.25) is 0 Å². The molecule has 7 nitrogen and oxygen atoms in total. The van der Waals surface area contributed by atoms with Gasteiger partial charge in [-0.15, -0.1) is 0 Å². The smallest absolute Gasteiger partial charge is 0.329 e. The van der Waals surface area contributed by atoms with Crippen LogP contribution in [0.25, 0.3) is 0 Å². The van der Waals surface area contributed by atoms with E-state index >= 15 is 0 Å². The first kappa shape index (κ1) is 17.9. The first-order valence-corrected chi connectivity index (χ1v) is 8.37. The number of amides is 1. The summed E-state index contributed by atoms with van der Waals surface area (Å²) in [7, 11) is 2.92. The molecular weight excluding hydrogens is 330 g/mol. The molecule has 0 aliphatic heterocycles. The molecule has 0 spiro atoms. The normalized spacial score (nSPS) is 11.6. The van der Waals surface area contributed by atoms with Gasteiger partial charge >= 0.3 is 12.0 Å². The van der Waals surface area contributed by atoms with Gasteiger partial charge in [-0.1, -0.05) is 12.1 Å². The molecule has 0 aliphatic rings. The second-order valence-electron chi connectivity index (χ2n) is 4.86. The Hall–Kier alpha value is -2.48. The van der Waals surface area contributed by atoms with Crippen LogP contribution in [-0.4, -0.2) is 47.6 Å². The summed E-state index contributed by atoms with van der Waals surface area (Å²) in [6.07, 6.45) is 4.37. The summed E-state index contributed by atoms with van der Waals surface area (Å²) in [5, 5.41) is 2.64. The van der Waals surface area contributed by atoms with Gasteiger partial charge in [0.05, 0.1) is 14.2 Å². The summed E-state index contributed by atoms with van der Waals surface area (Å²) in [5.41, 5.74) is 1.10. The quantitative estimate of drug-likeness (QED) is 0.769. The molecule has 0 aliphatic carbocycles. The minimum atomic E-state index is -0.729. The highest BCUT2D eigenvalue weighted by molar-refractivity contribution is 7.98. The van der Waals surface area contributed by atoms with Crippen molar-refractivity contribution in [1.29, 1.82) is 0 Å². The van der Waals surface area contributed by atoms with Crippen molar-refractivity contribution >= 4 is 23.8 Å². The van der Waals surface area contributed by atoms with E-state index in [1.54, 1.807) is 7.11 Å². The van der Waals surface area contributed by atoms with Crippen LogP contribution >= 0.6 is 11.8 Å². The number of ether oxygens (including phenoxy) is 2. The molecule has 0 saturated heterocycles. The Morgan fingerprint density at radius 1 is 1.29 bits per heavy atom. The Morgan fingerprint density at radius 2 is 2.04 bits per heavy atom. The van der Waals surface area contributed by atoms with E-state index < -0.39 is 18.0 Å². The molecule has 1 heterocycles. The molecule has 2 rings (SSSR count). The van der Waals surface area contributed by atoms with Gasteiger partial charge in [-0.2, -0.15) is 11.8 Å². The Balaban J connectivity index is 1.88.